The van der Waals surface area contributed by atoms with Crippen LogP contribution in [-0.4, -0.2) is 0 Å². The fourth-order valence-electron chi connectivity index (χ4n) is 1.76. The number of rotatable bonds is 6. The summed E-state index contributed by atoms with van der Waals surface area (Å²) in [6.07, 6.45) is 8.70. The van der Waals surface area contributed by atoms with Crippen LogP contribution in [0.2, 0.25) is 0 Å². The standard InChI is InChI=1S/C13H22N.CN/c1-3-5-6-8-11-14-12-9-7-10-13(14)4-2;1-2/h7,9-10,12H,3-6,8,11H2,1-2H3;/q+1;-1. The summed E-state index contributed by atoms with van der Waals surface area (Å²) in [7, 11) is 0. The van der Waals surface area contributed by atoms with Crippen molar-refractivity contribution in [2.24, 2.45) is 0 Å². The Bertz CT molecular complexity index is 292. The van der Waals surface area contributed by atoms with Crippen molar-refractivity contribution in [1.29, 1.82) is 5.26 Å². The smallest absolute Gasteiger partial charge is 0.181 e. The van der Waals surface area contributed by atoms with E-state index in [1.807, 2.05) is 0 Å². The fourth-order valence-corrected chi connectivity index (χ4v) is 1.76. The molecule has 0 N–H and O–H groups in total. The third-order valence-electron chi connectivity index (χ3n) is 2.65. The second-order valence-corrected chi connectivity index (χ2v) is 3.80. The zero-order chi connectivity index (χ0) is 12.2. The summed E-state index contributed by atoms with van der Waals surface area (Å²) in [6.45, 7) is 10.4. The van der Waals surface area contributed by atoms with Gasteiger partial charge in [-0.15, -0.1) is 0 Å². The predicted molar refractivity (Wildman–Crippen MR) is 65.1 cm³/mol. The number of hydrogen-bond acceptors (Lipinski definition) is 1. The molecule has 0 aliphatic rings. The summed E-state index contributed by atoms with van der Waals surface area (Å²) in [5.41, 5.74) is 1.45. The average Bonchev–Trinajstić information content (AvgIpc) is 2.37. The van der Waals surface area contributed by atoms with Gasteiger partial charge in [0.15, 0.2) is 11.9 Å². The lowest BCUT2D eigenvalue weighted by Crippen LogP contribution is -2.37. The molecule has 0 aliphatic heterocycles. The minimum atomic E-state index is 1.13. The third kappa shape index (κ3) is 5.50. The van der Waals surface area contributed by atoms with Crippen molar-refractivity contribution >= 4 is 0 Å². The minimum Gasteiger partial charge on any atom is -0.512 e. The zero-order valence-corrected chi connectivity index (χ0v) is 10.4. The molecule has 2 heteroatoms. The van der Waals surface area contributed by atoms with Crippen LogP contribution in [0.5, 0.6) is 0 Å². The first-order valence-electron chi connectivity index (χ1n) is 6.08. The van der Waals surface area contributed by atoms with Crippen LogP contribution in [0.3, 0.4) is 0 Å². The molecule has 0 spiro atoms. The van der Waals surface area contributed by atoms with E-state index in [9.17, 15) is 0 Å². The van der Waals surface area contributed by atoms with Crippen molar-refractivity contribution in [3.63, 3.8) is 0 Å². The molecule has 0 saturated carbocycles. The van der Waals surface area contributed by atoms with Gasteiger partial charge in [-0.3, -0.25) is 0 Å². The molecule has 16 heavy (non-hydrogen) atoms. The molecule has 0 saturated heterocycles. The van der Waals surface area contributed by atoms with Crippen molar-refractivity contribution in [3.05, 3.63) is 36.7 Å². The Hall–Kier alpha value is -1.36. The van der Waals surface area contributed by atoms with E-state index in [4.69, 9.17) is 11.8 Å². The highest BCUT2D eigenvalue weighted by Gasteiger charge is 2.05. The molecule has 88 valence electrons. The molecule has 1 aromatic heterocycles. The second-order valence-electron chi connectivity index (χ2n) is 3.80. The largest absolute Gasteiger partial charge is 0.512 e. The first-order valence-corrected chi connectivity index (χ1v) is 6.08. The van der Waals surface area contributed by atoms with E-state index in [2.05, 4.69) is 42.8 Å². The zero-order valence-electron chi connectivity index (χ0n) is 10.4. The van der Waals surface area contributed by atoms with Gasteiger partial charge in [-0.25, -0.2) is 4.57 Å². The maximum Gasteiger partial charge on any atom is 0.181 e. The van der Waals surface area contributed by atoms with Gasteiger partial charge in [-0.2, -0.15) is 0 Å². The van der Waals surface area contributed by atoms with E-state index < -0.39 is 0 Å². The van der Waals surface area contributed by atoms with Gasteiger partial charge in [0, 0.05) is 25.0 Å². The van der Waals surface area contributed by atoms with Crippen LogP contribution in [-0.2, 0) is 13.0 Å². The summed E-state index contributed by atoms with van der Waals surface area (Å²) in [6, 6.07) is 6.47. The second kappa shape index (κ2) is 10.2. The lowest BCUT2D eigenvalue weighted by atomic mass is 10.2. The molecule has 0 atom stereocenters. The summed E-state index contributed by atoms with van der Waals surface area (Å²) < 4.78 is 2.38. The van der Waals surface area contributed by atoms with E-state index in [0.717, 1.165) is 6.42 Å². The Kier molecular flexibility index (Phi) is 9.30. The molecule has 0 fully saturated rings. The first-order chi connectivity index (χ1) is 7.88. The number of nitrogens with zero attached hydrogens (tertiary/aromatic N) is 2. The van der Waals surface area contributed by atoms with Gasteiger partial charge in [0.1, 0.15) is 6.54 Å². The molecule has 1 heterocycles. The Labute approximate surface area is 99.5 Å². The van der Waals surface area contributed by atoms with Gasteiger partial charge >= 0.3 is 0 Å². The maximum absolute atomic E-state index is 6.25. The molecule has 1 rings (SSSR count). The normalized spacial score (nSPS) is 9.25. The van der Waals surface area contributed by atoms with Gasteiger partial charge in [0.05, 0.1) is 0 Å². The van der Waals surface area contributed by atoms with E-state index in [1.54, 1.807) is 0 Å². The number of pyridine rings is 1. The molecule has 0 aliphatic carbocycles. The quantitative estimate of drug-likeness (QED) is 0.409. The predicted octanol–water partition coefficient (Wildman–Crippen LogP) is 3.21. The molecule has 0 unspecified atom stereocenters. The van der Waals surface area contributed by atoms with Gasteiger partial charge in [-0.1, -0.05) is 32.8 Å². The van der Waals surface area contributed by atoms with Crippen molar-refractivity contribution < 1.29 is 4.57 Å². The molecule has 2 nitrogen and oxygen atoms in total. The minimum absolute atomic E-state index is 1.13. The van der Waals surface area contributed by atoms with Crippen LogP contribution < -0.4 is 4.57 Å². The molecule has 1 aromatic rings. The SMILES string of the molecule is CCCCCC[n+]1ccccc1CC.[C-]#N. The van der Waals surface area contributed by atoms with Crippen molar-refractivity contribution in [2.45, 2.75) is 52.5 Å². The molecule has 0 radical (unpaired) electrons. The molecule has 0 amide bonds. The monoisotopic (exact) mass is 218 g/mol. The Morgan fingerprint density at radius 3 is 2.50 bits per heavy atom. The number of aryl methyl sites for hydroxylation is 2. The summed E-state index contributed by atoms with van der Waals surface area (Å²) >= 11 is 0. The number of unbranched alkanes of at least 4 members (excludes halogenated alkanes) is 3. The number of hydrogen-bond donors (Lipinski definition) is 0. The highest BCUT2D eigenvalue weighted by molar-refractivity contribution is 4.96. The molecule has 0 bridgehead atoms. The van der Waals surface area contributed by atoms with Crippen LogP contribution in [0.25, 0.3) is 0 Å². The van der Waals surface area contributed by atoms with Gasteiger partial charge in [0.2, 0.25) is 0 Å². The van der Waals surface area contributed by atoms with Crippen molar-refractivity contribution in [2.75, 3.05) is 0 Å². The van der Waals surface area contributed by atoms with Crippen LogP contribution in [0.15, 0.2) is 24.4 Å². The lowest BCUT2D eigenvalue weighted by Gasteiger charge is -2.01. The van der Waals surface area contributed by atoms with Gasteiger partial charge in [-0.05, 0) is 6.42 Å². The Morgan fingerprint density at radius 1 is 1.12 bits per heavy atom. The van der Waals surface area contributed by atoms with E-state index >= 15 is 0 Å². The first kappa shape index (κ1) is 14.6. The summed E-state index contributed by atoms with van der Waals surface area (Å²) in [4.78, 5) is 0. The molecular weight excluding hydrogens is 196 g/mol. The number of aromatic nitrogens is 1. The van der Waals surface area contributed by atoms with E-state index in [0.29, 0.717) is 0 Å². The van der Waals surface area contributed by atoms with Crippen LogP contribution in [0.1, 0.15) is 45.2 Å². The summed E-state index contributed by atoms with van der Waals surface area (Å²) in [5, 5.41) is 6.25. The van der Waals surface area contributed by atoms with E-state index in [1.165, 1.54) is 37.9 Å². The Morgan fingerprint density at radius 2 is 1.88 bits per heavy atom. The highest BCUT2D eigenvalue weighted by Crippen LogP contribution is 1.99. The average molecular weight is 218 g/mol. The maximum atomic E-state index is 6.25. The van der Waals surface area contributed by atoms with Crippen LogP contribution >= 0.6 is 0 Å². The van der Waals surface area contributed by atoms with Crippen molar-refractivity contribution in [3.8, 4) is 0 Å². The van der Waals surface area contributed by atoms with Crippen LogP contribution in [0, 0.1) is 11.8 Å². The third-order valence-corrected chi connectivity index (χ3v) is 2.65. The Balaban J connectivity index is 0.00000106. The van der Waals surface area contributed by atoms with E-state index in [-0.39, 0.29) is 0 Å². The van der Waals surface area contributed by atoms with Crippen molar-refractivity contribution in [1.82, 2.24) is 0 Å². The fraction of sp³-hybridized carbons (Fsp3) is 0.571. The molecular formula is C14H22N2. The van der Waals surface area contributed by atoms with Gasteiger partial charge in [0.25, 0.3) is 0 Å². The highest BCUT2D eigenvalue weighted by atomic mass is 14.9. The van der Waals surface area contributed by atoms with Gasteiger partial charge < -0.3 is 11.8 Å². The van der Waals surface area contributed by atoms with Crippen LogP contribution in [0.4, 0.5) is 0 Å². The molecule has 0 aromatic carbocycles. The topological polar surface area (TPSA) is 27.7 Å². The lowest BCUT2D eigenvalue weighted by molar-refractivity contribution is -0.704. The summed E-state index contributed by atoms with van der Waals surface area (Å²) in [5.74, 6) is 0.